The van der Waals surface area contributed by atoms with E-state index in [2.05, 4.69) is 10.3 Å². The molecule has 0 aliphatic carbocycles. The molecule has 27 heavy (non-hydrogen) atoms. The van der Waals surface area contributed by atoms with E-state index in [4.69, 9.17) is 9.47 Å². The Morgan fingerprint density at radius 1 is 1.11 bits per heavy atom. The van der Waals surface area contributed by atoms with Crippen LogP contribution in [0, 0.1) is 13.8 Å². The van der Waals surface area contributed by atoms with E-state index in [0.717, 1.165) is 17.2 Å². The fraction of sp³-hybridized carbons (Fsp3) is 0.238. The number of carbonyl (C=O) groups is 1. The number of hydrogen-bond donors (Lipinski definition) is 1. The van der Waals surface area contributed by atoms with Gasteiger partial charge in [-0.25, -0.2) is 4.98 Å². The number of rotatable bonds is 7. The topological polar surface area (TPSA) is 65.4 Å². The zero-order valence-electron chi connectivity index (χ0n) is 15.7. The number of amides is 1. The molecule has 3 aromatic rings. The van der Waals surface area contributed by atoms with Crippen LogP contribution in [0.4, 0.5) is 5.69 Å². The van der Waals surface area contributed by atoms with Crippen LogP contribution in [0.1, 0.15) is 21.7 Å². The first kappa shape index (κ1) is 18.7. The van der Waals surface area contributed by atoms with Gasteiger partial charge in [0.1, 0.15) is 18.2 Å². The highest BCUT2D eigenvalue weighted by Gasteiger charge is 2.17. The molecular weight excluding hydrogens is 342 g/mol. The summed E-state index contributed by atoms with van der Waals surface area (Å²) in [6, 6.07) is 14.9. The highest BCUT2D eigenvalue weighted by molar-refractivity contribution is 6.05. The third kappa shape index (κ3) is 4.35. The van der Waals surface area contributed by atoms with Crippen molar-refractivity contribution in [3.63, 3.8) is 0 Å². The molecule has 0 unspecified atom stereocenters. The van der Waals surface area contributed by atoms with Crippen LogP contribution in [0.15, 0.2) is 54.7 Å². The van der Waals surface area contributed by atoms with E-state index in [1.165, 1.54) is 0 Å². The number of methoxy groups -OCH3 is 1. The summed E-state index contributed by atoms with van der Waals surface area (Å²) in [5, 5.41) is 2.94. The van der Waals surface area contributed by atoms with Crippen LogP contribution in [-0.4, -0.2) is 35.8 Å². The van der Waals surface area contributed by atoms with Gasteiger partial charge in [-0.15, -0.1) is 0 Å². The van der Waals surface area contributed by atoms with Crippen LogP contribution in [0.5, 0.6) is 5.75 Å². The number of ether oxygens (including phenoxy) is 2. The van der Waals surface area contributed by atoms with Gasteiger partial charge in [-0.05, 0) is 44.2 Å². The summed E-state index contributed by atoms with van der Waals surface area (Å²) in [5.74, 6) is 1.31. The van der Waals surface area contributed by atoms with Gasteiger partial charge >= 0.3 is 0 Å². The molecule has 0 saturated heterocycles. The highest BCUT2D eigenvalue weighted by Crippen LogP contribution is 2.22. The van der Waals surface area contributed by atoms with Crippen LogP contribution >= 0.6 is 0 Å². The molecule has 2 aromatic heterocycles. The fourth-order valence-corrected chi connectivity index (χ4v) is 2.94. The Kier molecular flexibility index (Phi) is 5.88. The molecule has 3 rings (SSSR count). The van der Waals surface area contributed by atoms with Crippen LogP contribution in [-0.2, 0) is 4.74 Å². The quantitative estimate of drug-likeness (QED) is 0.648. The van der Waals surface area contributed by atoms with E-state index >= 15 is 0 Å². The standard InChI is InChI=1S/C21H23N3O3/c1-15-13-19(16(2)24(15)20-9-4-5-10-22-20)21(25)23-17-7-6-8-18(14-17)27-12-11-26-3/h4-10,13-14H,11-12H2,1-3H3,(H,23,25). The number of aryl methyl sites for hydroxylation is 1. The monoisotopic (exact) mass is 365 g/mol. The molecule has 6 heteroatoms. The minimum absolute atomic E-state index is 0.167. The van der Waals surface area contributed by atoms with Gasteiger partial charge in [0.05, 0.1) is 12.2 Å². The van der Waals surface area contributed by atoms with Crippen molar-refractivity contribution >= 4 is 11.6 Å². The average Bonchev–Trinajstić information content (AvgIpc) is 2.97. The first-order chi connectivity index (χ1) is 13.1. The number of nitrogens with one attached hydrogen (secondary N) is 1. The van der Waals surface area contributed by atoms with E-state index in [1.807, 2.05) is 60.9 Å². The number of carbonyl (C=O) groups excluding carboxylic acids is 1. The predicted octanol–water partition coefficient (Wildman–Crippen LogP) is 3.77. The SMILES string of the molecule is COCCOc1cccc(NC(=O)c2cc(C)n(-c3ccccn3)c2C)c1. The lowest BCUT2D eigenvalue weighted by Crippen LogP contribution is -2.13. The van der Waals surface area contributed by atoms with Crippen molar-refractivity contribution in [3.05, 3.63) is 71.7 Å². The van der Waals surface area contributed by atoms with Crippen LogP contribution in [0.2, 0.25) is 0 Å². The molecule has 0 fully saturated rings. The molecule has 1 aromatic carbocycles. The highest BCUT2D eigenvalue weighted by atomic mass is 16.5. The first-order valence-corrected chi connectivity index (χ1v) is 8.73. The zero-order chi connectivity index (χ0) is 19.2. The Morgan fingerprint density at radius 3 is 2.70 bits per heavy atom. The van der Waals surface area contributed by atoms with Crippen LogP contribution in [0.25, 0.3) is 5.82 Å². The third-order valence-corrected chi connectivity index (χ3v) is 4.20. The van der Waals surface area contributed by atoms with Gasteiger partial charge in [-0.1, -0.05) is 12.1 Å². The summed E-state index contributed by atoms with van der Waals surface area (Å²) in [4.78, 5) is 17.2. The molecule has 0 radical (unpaired) electrons. The van der Waals surface area contributed by atoms with Crippen LogP contribution in [0.3, 0.4) is 0 Å². The van der Waals surface area contributed by atoms with Gasteiger partial charge in [0.2, 0.25) is 0 Å². The van der Waals surface area contributed by atoms with Crippen molar-refractivity contribution in [2.24, 2.45) is 0 Å². The molecule has 1 N–H and O–H groups in total. The van der Waals surface area contributed by atoms with Crippen molar-refractivity contribution < 1.29 is 14.3 Å². The second-order valence-corrected chi connectivity index (χ2v) is 6.13. The molecule has 0 aliphatic rings. The lowest BCUT2D eigenvalue weighted by atomic mass is 10.2. The summed E-state index contributed by atoms with van der Waals surface area (Å²) < 4.78 is 12.5. The summed E-state index contributed by atoms with van der Waals surface area (Å²) in [6.45, 7) is 4.85. The van der Waals surface area contributed by atoms with E-state index in [9.17, 15) is 4.79 Å². The second kappa shape index (κ2) is 8.51. The Balaban J connectivity index is 1.78. The number of benzene rings is 1. The number of anilines is 1. The summed E-state index contributed by atoms with van der Waals surface area (Å²) >= 11 is 0. The lowest BCUT2D eigenvalue weighted by molar-refractivity contribution is 0.102. The summed E-state index contributed by atoms with van der Waals surface area (Å²) in [7, 11) is 1.63. The molecule has 0 spiro atoms. The van der Waals surface area contributed by atoms with E-state index in [1.54, 1.807) is 19.4 Å². The molecule has 1 amide bonds. The van der Waals surface area contributed by atoms with E-state index in [-0.39, 0.29) is 5.91 Å². The minimum atomic E-state index is -0.167. The summed E-state index contributed by atoms with van der Waals surface area (Å²) in [5.41, 5.74) is 3.09. The van der Waals surface area contributed by atoms with Crippen molar-refractivity contribution in [1.29, 1.82) is 0 Å². The Bertz CT molecular complexity index is 920. The van der Waals surface area contributed by atoms with Gasteiger partial charge in [-0.2, -0.15) is 0 Å². The summed E-state index contributed by atoms with van der Waals surface area (Å²) in [6.07, 6.45) is 1.74. The van der Waals surface area contributed by atoms with Crippen molar-refractivity contribution in [1.82, 2.24) is 9.55 Å². The lowest BCUT2D eigenvalue weighted by Gasteiger charge is -2.10. The normalized spacial score (nSPS) is 10.6. The fourth-order valence-electron chi connectivity index (χ4n) is 2.94. The molecule has 0 atom stereocenters. The first-order valence-electron chi connectivity index (χ1n) is 8.73. The van der Waals surface area contributed by atoms with Gasteiger partial charge in [0.15, 0.2) is 0 Å². The number of hydrogen-bond acceptors (Lipinski definition) is 4. The number of nitrogens with zero attached hydrogens (tertiary/aromatic N) is 2. The average molecular weight is 365 g/mol. The molecule has 6 nitrogen and oxygen atoms in total. The van der Waals surface area contributed by atoms with Crippen molar-refractivity contribution in [2.75, 3.05) is 25.6 Å². The Hall–Kier alpha value is -3.12. The maximum Gasteiger partial charge on any atom is 0.257 e. The van der Waals surface area contributed by atoms with Gasteiger partial charge in [-0.3, -0.25) is 4.79 Å². The van der Waals surface area contributed by atoms with E-state index < -0.39 is 0 Å². The molecule has 140 valence electrons. The minimum Gasteiger partial charge on any atom is -0.491 e. The van der Waals surface area contributed by atoms with Gasteiger partial charge < -0.3 is 19.4 Å². The molecule has 0 bridgehead atoms. The third-order valence-electron chi connectivity index (χ3n) is 4.20. The zero-order valence-corrected chi connectivity index (χ0v) is 15.7. The number of pyridine rings is 1. The van der Waals surface area contributed by atoms with E-state index in [0.29, 0.717) is 30.2 Å². The molecular formula is C21H23N3O3. The van der Waals surface area contributed by atoms with Gasteiger partial charge in [0, 0.05) is 36.4 Å². The Morgan fingerprint density at radius 2 is 1.96 bits per heavy atom. The second-order valence-electron chi connectivity index (χ2n) is 6.13. The largest absolute Gasteiger partial charge is 0.491 e. The van der Waals surface area contributed by atoms with Crippen molar-refractivity contribution in [3.8, 4) is 11.6 Å². The smallest absolute Gasteiger partial charge is 0.257 e. The maximum absolute atomic E-state index is 12.8. The van der Waals surface area contributed by atoms with Gasteiger partial charge in [0.25, 0.3) is 5.91 Å². The molecule has 0 saturated carbocycles. The molecule has 2 heterocycles. The Labute approximate surface area is 158 Å². The van der Waals surface area contributed by atoms with Crippen LogP contribution < -0.4 is 10.1 Å². The molecule has 0 aliphatic heterocycles. The number of aromatic nitrogens is 2. The predicted molar refractivity (Wildman–Crippen MR) is 105 cm³/mol. The van der Waals surface area contributed by atoms with Crippen molar-refractivity contribution in [2.45, 2.75) is 13.8 Å². The maximum atomic E-state index is 12.8.